The Morgan fingerprint density at radius 1 is 1.24 bits per heavy atom. The lowest BCUT2D eigenvalue weighted by Crippen LogP contribution is -2.39. The number of hydrogen-bond acceptors (Lipinski definition) is 6. The number of pyridine rings is 1. The molecule has 0 radical (unpaired) electrons. The molecule has 1 N–H and O–H groups in total. The van der Waals surface area contributed by atoms with E-state index in [1.807, 2.05) is 30.5 Å². The van der Waals surface area contributed by atoms with Crippen LogP contribution in [0.1, 0.15) is 61.2 Å². The Morgan fingerprint density at radius 3 is 2.95 bits per heavy atom. The summed E-state index contributed by atoms with van der Waals surface area (Å²) in [6.45, 7) is 4.43. The second-order valence-corrected chi connectivity index (χ2v) is 11.8. The third-order valence-electron chi connectivity index (χ3n) is 7.01. The summed E-state index contributed by atoms with van der Waals surface area (Å²) >= 11 is 7.20. The number of para-hydroxylation sites is 1. The number of carbonyl (C=O) groups is 1. The van der Waals surface area contributed by atoms with Gasteiger partial charge in [-0.2, -0.15) is 0 Å². The van der Waals surface area contributed by atoms with Crippen molar-refractivity contribution in [3.05, 3.63) is 64.2 Å². The molecule has 7 nitrogen and oxygen atoms in total. The molecule has 5 aromatic rings. The Balaban J connectivity index is 1.36. The lowest BCUT2D eigenvalue weighted by Gasteiger charge is -2.32. The number of furan rings is 1. The maximum atomic E-state index is 12.8. The van der Waals surface area contributed by atoms with Gasteiger partial charge in [0, 0.05) is 29.5 Å². The lowest BCUT2D eigenvalue weighted by molar-refractivity contribution is 0.0920. The van der Waals surface area contributed by atoms with Crippen LogP contribution >= 0.6 is 22.9 Å². The Kier molecular flexibility index (Phi) is 6.46. The number of amides is 1. The molecule has 1 aromatic carbocycles. The third-order valence-corrected chi connectivity index (χ3v) is 8.13. The van der Waals surface area contributed by atoms with Crippen molar-refractivity contribution in [2.75, 3.05) is 0 Å². The van der Waals surface area contributed by atoms with E-state index in [0.717, 1.165) is 71.2 Å². The van der Waals surface area contributed by atoms with Crippen molar-refractivity contribution < 1.29 is 9.21 Å². The van der Waals surface area contributed by atoms with Crippen LogP contribution in [0, 0.1) is 5.92 Å². The van der Waals surface area contributed by atoms with Gasteiger partial charge in [0.1, 0.15) is 21.3 Å². The van der Waals surface area contributed by atoms with E-state index < -0.39 is 0 Å². The maximum Gasteiger partial charge on any atom is 0.280 e. The average Bonchev–Trinajstić information content (AvgIpc) is 3.61. The van der Waals surface area contributed by atoms with Crippen molar-refractivity contribution in [2.24, 2.45) is 5.92 Å². The van der Waals surface area contributed by atoms with E-state index in [9.17, 15) is 4.79 Å². The average molecular weight is 534 g/mol. The fourth-order valence-corrected chi connectivity index (χ4v) is 6.26. The van der Waals surface area contributed by atoms with Crippen LogP contribution in [-0.4, -0.2) is 31.5 Å². The van der Waals surface area contributed by atoms with Crippen LogP contribution < -0.4 is 5.32 Å². The summed E-state index contributed by atoms with van der Waals surface area (Å²) < 4.78 is 8.72. The minimum absolute atomic E-state index is 0.0662. The van der Waals surface area contributed by atoms with Crippen LogP contribution in [0.5, 0.6) is 0 Å². The Morgan fingerprint density at radius 2 is 2.14 bits per heavy atom. The van der Waals surface area contributed by atoms with Crippen LogP contribution in [-0.2, 0) is 6.42 Å². The Labute approximate surface area is 223 Å². The summed E-state index contributed by atoms with van der Waals surface area (Å²) in [6, 6.07) is 10.5. The van der Waals surface area contributed by atoms with E-state index in [1.54, 1.807) is 6.26 Å². The molecule has 1 amide bonds. The van der Waals surface area contributed by atoms with Gasteiger partial charge in [0.15, 0.2) is 5.01 Å². The standard InChI is InChI=1S/C28H28ClN5O2S/c1-16(2)11-25-33-22-14-30-21(20-8-3-5-17-9-10-36-26(17)20)13-23(22)34(25)19-7-4-6-18(12-19)32-27(35)28-31-15-24(29)37-28/h3,5,8-10,13-16,18-19H,4,6-7,11-12H2,1-2H3,(H,32,35)/t18-,19+/m0/s1. The van der Waals surface area contributed by atoms with E-state index in [0.29, 0.717) is 15.3 Å². The molecule has 0 aliphatic heterocycles. The minimum atomic E-state index is -0.154. The molecule has 0 spiro atoms. The first-order valence-corrected chi connectivity index (χ1v) is 13.9. The summed E-state index contributed by atoms with van der Waals surface area (Å²) in [7, 11) is 0. The van der Waals surface area contributed by atoms with E-state index in [1.165, 1.54) is 17.5 Å². The number of nitrogens with zero attached hydrogens (tertiary/aromatic N) is 4. The molecule has 1 aliphatic carbocycles. The van der Waals surface area contributed by atoms with Crippen LogP contribution in [0.25, 0.3) is 33.3 Å². The summed E-state index contributed by atoms with van der Waals surface area (Å²) in [4.78, 5) is 26.7. The number of hydrogen-bond donors (Lipinski definition) is 1. The van der Waals surface area contributed by atoms with Crippen LogP contribution in [0.2, 0.25) is 4.34 Å². The smallest absolute Gasteiger partial charge is 0.280 e. The predicted molar refractivity (Wildman–Crippen MR) is 147 cm³/mol. The van der Waals surface area contributed by atoms with Crippen molar-refractivity contribution in [1.82, 2.24) is 24.8 Å². The van der Waals surface area contributed by atoms with Crippen LogP contribution in [0.15, 0.2) is 53.4 Å². The summed E-state index contributed by atoms with van der Waals surface area (Å²) in [5.74, 6) is 1.39. The number of nitrogens with one attached hydrogen (secondary N) is 1. The molecule has 9 heteroatoms. The fraction of sp³-hybridized carbons (Fsp3) is 0.357. The van der Waals surface area contributed by atoms with Crippen LogP contribution in [0.3, 0.4) is 0 Å². The number of benzene rings is 1. The van der Waals surface area contributed by atoms with Gasteiger partial charge in [0.05, 0.1) is 29.9 Å². The highest BCUT2D eigenvalue weighted by Gasteiger charge is 2.29. The van der Waals surface area contributed by atoms with Crippen molar-refractivity contribution >= 4 is 50.8 Å². The molecule has 0 unspecified atom stereocenters. The maximum absolute atomic E-state index is 12.8. The highest BCUT2D eigenvalue weighted by atomic mass is 35.5. The largest absolute Gasteiger partial charge is 0.464 e. The van der Waals surface area contributed by atoms with Gasteiger partial charge in [-0.1, -0.05) is 48.9 Å². The van der Waals surface area contributed by atoms with E-state index in [-0.39, 0.29) is 18.0 Å². The first-order chi connectivity index (χ1) is 18.0. The summed E-state index contributed by atoms with van der Waals surface area (Å²) in [5, 5.41) is 4.66. The molecule has 4 heterocycles. The second kappa shape index (κ2) is 9.91. The number of fused-ring (bicyclic) bond motifs is 2. The lowest BCUT2D eigenvalue weighted by atomic mass is 9.90. The zero-order valence-corrected chi connectivity index (χ0v) is 22.4. The highest BCUT2D eigenvalue weighted by Crippen LogP contribution is 2.36. The molecule has 1 aliphatic rings. The van der Waals surface area contributed by atoms with Gasteiger partial charge in [-0.05, 0) is 49.8 Å². The molecule has 4 aromatic heterocycles. The molecule has 2 atom stereocenters. The number of aromatic nitrogens is 4. The van der Waals surface area contributed by atoms with Crippen molar-refractivity contribution in [3.63, 3.8) is 0 Å². The molecule has 1 saturated carbocycles. The third kappa shape index (κ3) is 4.76. The van der Waals surface area contributed by atoms with Gasteiger partial charge in [-0.25, -0.2) is 9.97 Å². The van der Waals surface area contributed by atoms with Gasteiger partial charge in [-0.15, -0.1) is 0 Å². The van der Waals surface area contributed by atoms with Gasteiger partial charge in [-0.3, -0.25) is 9.78 Å². The quantitative estimate of drug-likeness (QED) is 0.252. The first kappa shape index (κ1) is 24.1. The highest BCUT2D eigenvalue weighted by molar-refractivity contribution is 7.17. The molecular weight excluding hydrogens is 506 g/mol. The second-order valence-electron chi connectivity index (χ2n) is 10.2. The fourth-order valence-electron chi connectivity index (χ4n) is 5.44. The van der Waals surface area contributed by atoms with Crippen molar-refractivity contribution in [3.8, 4) is 11.3 Å². The zero-order valence-electron chi connectivity index (χ0n) is 20.8. The number of rotatable bonds is 6. The Bertz CT molecular complexity index is 1590. The number of carbonyl (C=O) groups excluding carboxylic acids is 1. The normalized spacial score (nSPS) is 18.2. The van der Waals surface area contributed by atoms with Gasteiger partial charge in [0.2, 0.25) is 0 Å². The summed E-state index contributed by atoms with van der Waals surface area (Å²) in [5.41, 5.74) is 4.65. The van der Waals surface area contributed by atoms with E-state index in [2.05, 4.69) is 34.8 Å². The van der Waals surface area contributed by atoms with E-state index in [4.69, 9.17) is 26.0 Å². The topological polar surface area (TPSA) is 85.8 Å². The number of imidazole rings is 1. The zero-order chi connectivity index (χ0) is 25.5. The predicted octanol–water partition coefficient (Wildman–Crippen LogP) is 7.07. The Hall–Kier alpha value is -3.23. The van der Waals surface area contributed by atoms with Crippen molar-refractivity contribution in [2.45, 2.75) is 58.0 Å². The molecule has 6 rings (SSSR count). The number of thiazole rings is 1. The molecular formula is C28H28ClN5O2S. The van der Waals surface area contributed by atoms with Gasteiger partial charge >= 0.3 is 0 Å². The SMILES string of the molecule is CC(C)Cc1nc2cnc(-c3cccc4ccoc34)cc2n1[C@@H]1CCC[C@H](NC(=O)c2ncc(Cl)s2)C1. The molecule has 190 valence electrons. The molecule has 0 saturated heterocycles. The molecule has 37 heavy (non-hydrogen) atoms. The van der Waals surface area contributed by atoms with E-state index >= 15 is 0 Å². The minimum Gasteiger partial charge on any atom is -0.464 e. The van der Waals surface area contributed by atoms with Crippen LogP contribution in [0.4, 0.5) is 0 Å². The monoisotopic (exact) mass is 533 g/mol. The molecule has 0 bridgehead atoms. The van der Waals surface area contributed by atoms with Crippen molar-refractivity contribution in [1.29, 1.82) is 0 Å². The molecule has 1 fully saturated rings. The van der Waals surface area contributed by atoms with Gasteiger partial charge in [0.25, 0.3) is 5.91 Å². The summed E-state index contributed by atoms with van der Waals surface area (Å²) in [6.07, 6.45) is 9.84. The first-order valence-electron chi connectivity index (χ1n) is 12.7. The number of halogens is 1. The van der Waals surface area contributed by atoms with Gasteiger partial charge < -0.3 is 14.3 Å².